The van der Waals surface area contributed by atoms with Gasteiger partial charge in [-0.1, -0.05) is 12.1 Å². The Hall–Kier alpha value is -3.16. The highest BCUT2D eigenvalue weighted by molar-refractivity contribution is 5.78. The van der Waals surface area contributed by atoms with E-state index in [0.717, 1.165) is 24.0 Å². The summed E-state index contributed by atoms with van der Waals surface area (Å²) in [6.07, 6.45) is 4.67. The summed E-state index contributed by atoms with van der Waals surface area (Å²) >= 11 is 0. The summed E-state index contributed by atoms with van der Waals surface area (Å²) in [5.41, 5.74) is 1.28. The summed E-state index contributed by atoms with van der Waals surface area (Å²) in [6, 6.07) is 9.34. The zero-order chi connectivity index (χ0) is 19.2. The molecule has 8 nitrogen and oxygen atoms in total. The van der Waals surface area contributed by atoms with E-state index < -0.39 is 0 Å². The van der Waals surface area contributed by atoms with Crippen LogP contribution in [0.2, 0.25) is 0 Å². The molecular weight excluding hydrogens is 344 g/mol. The number of aryl methyl sites for hydroxylation is 2. The second-order valence-corrected chi connectivity index (χ2v) is 6.50. The largest absolute Gasteiger partial charge is 0.358 e. The molecule has 0 saturated heterocycles. The fraction of sp³-hybridized carbons (Fsp3) is 0.368. The number of anilines is 1. The summed E-state index contributed by atoms with van der Waals surface area (Å²) in [5, 5.41) is 7.02. The van der Waals surface area contributed by atoms with Crippen LogP contribution in [-0.2, 0) is 17.9 Å². The van der Waals surface area contributed by atoms with E-state index in [9.17, 15) is 9.59 Å². The lowest BCUT2D eigenvalue weighted by Gasteiger charge is -2.16. The molecule has 8 heteroatoms. The molecule has 0 radical (unpaired) electrons. The molecule has 0 saturated carbocycles. The van der Waals surface area contributed by atoms with Crippen LogP contribution >= 0.6 is 0 Å². The number of carbonyl (C=O) groups excluding carboxylic acids is 1. The second-order valence-electron chi connectivity index (χ2n) is 6.50. The molecule has 0 atom stereocenters. The third-order valence-electron chi connectivity index (χ3n) is 4.27. The van der Waals surface area contributed by atoms with Crippen LogP contribution in [0.4, 0.5) is 5.82 Å². The van der Waals surface area contributed by atoms with E-state index in [2.05, 4.69) is 15.4 Å². The summed E-state index contributed by atoms with van der Waals surface area (Å²) in [4.78, 5) is 31.0. The first-order chi connectivity index (χ1) is 13.1. The molecule has 0 aliphatic heterocycles. The number of nitrogens with one attached hydrogen (secondary N) is 1. The first-order valence-corrected chi connectivity index (χ1v) is 8.97. The SMILES string of the molecule is CN(C)c1nc2ccccc2n(CCC(=O)NCCCn2cccn2)c1=O. The molecule has 1 N–H and O–H groups in total. The minimum atomic E-state index is -0.190. The monoisotopic (exact) mass is 368 g/mol. The topological polar surface area (TPSA) is 85.1 Å². The molecule has 2 aromatic heterocycles. The molecule has 3 aromatic rings. The van der Waals surface area contributed by atoms with Crippen molar-refractivity contribution < 1.29 is 4.79 Å². The number of amides is 1. The van der Waals surface area contributed by atoms with Crippen molar-refractivity contribution in [2.45, 2.75) is 25.9 Å². The lowest BCUT2D eigenvalue weighted by Crippen LogP contribution is -2.31. The number of aromatic nitrogens is 4. The normalized spacial score (nSPS) is 10.9. The van der Waals surface area contributed by atoms with Crippen LogP contribution in [0.1, 0.15) is 12.8 Å². The van der Waals surface area contributed by atoms with Gasteiger partial charge < -0.3 is 14.8 Å². The van der Waals surface area contributed by atoms with Gasteiger partial charge in [0.2, 0.25) is 5.91 Å². The maximum absolute atomic E-state index is 12.7. The number of benzene rings is 1. The fourth-order valence-electron chi connectivity index (χ4n) is 2.90. The van der Waals surface area contributed by atoms with Gasteiger partial charge >= 0.3 is 0 Å². The van der Waals surface area contributed by atoms with Crippen molar-refractivity contribution in [1.29, 1.82) is 0 Å². The van der Waals surface area contributed by atoms with Crippen molar-refractivity contribution in [3.05, 3.63) is 53.1 Å². The Morgan fingerprint density at radius 1 is 1.19 bits per heavy atom. The fourth-order valence-corrected chi connectivity index (χ4v) is 2.90. The number of carbonyl (C=O) groups is 1. The first-order valence-electron chi connectivity index (χ1n) is 8.97. The lowest BCUT2D eigenvalue weighted by molar-refractivity contribution is -0.121. The minimum Gasteiger partial charge on any atom is -0.358 e. The van der Waals surface area contributed by atoms with Gasteiger partial charge in [-0.3, -0.25) is 14.3 Å². The van der Waals surface area contributed by atoms with Crippen molar-refractivity contribution in [3.8, 4) is 0 Å². The second kappa shape index (κ2) is 8.48. The van der Waals surface area contributed by atoms with E-state index in [1.54, 1.807) is 29.8 Å². The minimum absolute atomic E-state index is 0.0744. The van der Waals surface area contributed by atoms with Gasteiger partial charge in [0, 0.05) is 52.5 Å². The van der Waals surface area contributed by atoms with E-state index in [1.807, 2.05) is 41.2 Å². The number of nitrogens with zero attached hydrogens (tertiary/aromatic N) is 5. The van der Waals surface area contributed by atoms with Gasteiger partial charge in [-0.15, -0.1) is 0 Å². The number of rotatable bonds is 8. The van der Waals surface area contributed by atoms with E-state index in [4.69, 9.17) is 0 Å². The Bertz CT molecular complexity index is 962. The highest BCUT2D eigenvalue weighted by Gasteiger charge is 2.13. The number of hydrogen-bond donors (Lipinski definition) is 1. The van der Waals surface area contributed by atoms with Gasteiger partial charge in [-0.2, -0.15) is 5.10 Å². The highest BCUT2D eigenvalue weighted by atomic mass is 16.2. The molecule has 0 fully saturated rings. The number of fused-ring (bicyclic) bond motifs is 1. The highest BCUT2D eigenvalue weighted by Crippen LogP contribution is 2.13. The van der Waals surface area contributed by atoms with Gasteiger partial charge in [-0.05, 0) is 24.6 Å². The Balaban J connectivity index is 1.63. The van der Waals surface area contributed by atoms with E-state index in [-0.39, 0.29) is 17.9 Å². The van der Waals surface area contributed by atoms with E-state index in [1.165, 1.54) is 0 Å². The van der Waals surface area contributed by atoms with Gasteiger partial charge in [0.05, 0.1) is 11.0 Å². The van der Waals surface area contributed by atoms with Crippen LogP contribution in [0.15, 0.2) is 47.5 Å². The van der Waals surface area contributed by atoms with Crippen molar-refractivity contribution >= 4 is 22.8 Å². The quantitative estimate of drug-likeness (QED) is 0.605. The zero-order valence-corrected chi connectivity index (χ0v) is 15.6. The molecule has 3 rings (SSSR count). The zero-order valence-electron chi connectivity index (χ0n) is 15.6. The molecule has 0 spiro atoms. The van der Waals surface area contributed by atoms with Crippen LogP contribution in [-0.4, -0.2) is 45.9 Å². The molecule has 27 heavy (non-hydrogen) atoms. The van der Waals surface area contributed by atoms with Gasteiger partial charge in [0.15, 0.2) is 5.82 Å². The van der Waals surface area contributed by atoms with Crippen molar-refractivity contribution in [3.63, 3.8) is 0 Å². The number of para-hydroxylation sites is 2. The summed E-state index contributed by atoms with van der Waals surface area (Å²) in [6.45, 7) is 1.65. The predicted octanol–water partition coefficient (Wildman–Crippen LogP) is 1.26. The Morgan fingerprint density at radius 2 is 2.00 bits per heavy atom. The average molecular weight is 368 g/mol. The Labute approximate surface area is 157 Å². The van der Waals surface area contributed by atoms with E-state index >= 15 is 0 Å². The predicted molar refractivity (Wildman–Crippen MR) is 105 cm³/mol. The third-order valence-corrected chi connectivity index (χ3v) is 4.27. The molecule has 0 aliphatic carbocycles. The van der Waals surface area contributed by atoms with Crippen molar-refractivity contribution in [2.75, 3.05) is 25.5 Å². The average Bonchev–Trinajstić information content (AvgIpc) is 3.17. The molecule has 142 valence electrons. The molecular formula is C19H24N6O2. The molecule has 0 unspecified atom stereocenters. The molecule has 1 amide bonds. The molecule has 1 aromatic carbocycles. The van der Waals surface area contributed by atoms with Gasteiger partial charge in [0.25, 0.3) is 5.56 Å². The smallest absolute Gasteiger partial charge is 0.293 e. The summed E-state index contributed by atoms with van der Waals surface area (Å²) < 4.78 is 3.46. The van der Waals surface area contributed by atoms with Gasteiger partial charge in [0.1, 0.15) is 0 Å². The summed E-state index contributed by atoms with van der Waals surface area (Å²) in [7, 11) is 3.57. The van der Waals surface area contributed by atoms with Crippen molar-refractivity contribution in [2.24, 2.45) is 0 Å². The number of hydrogen-bond acceptors (Lipinski definition) is 5. The van der Waals surface area contributed by atoms with Crippen LogP contribution in [0.25, 0.3) is 11.0 Å². The lowest BCUT2D eigenvalue weighted by atomic mass is 10.2. The maximum Gasteiger partial charge on any atom is 0.293 e. The molecule has 2 heterocycles. The van der Waals surface area contributed by atoms with Crippen LogP contribution < -0.4 is 15.8 Å². The Morgan fingerprint density at radius 3 is 2.74 bits per heavy atom. The van der Waals surface area contributed by atoms with Crippen LogP contribution in [0.5, 0.6) is 0 Å². The van der Waals surface area contributed by atoms with Gasteiger partial charge in [-0.25, -0.2) is 4.98 Å². The van der Waals surface area contributed by atoms with Crippen LogP contribution in [0, 0.1) is 0 Å². The van der Waals surface area contributed by atoms with Crippen molar-refractivity contribution in [1.82, 2.24) is 24.6 Å². The van der Waals surface area contributed by atoms with E-state index in [0.29, 0.717) is 18.9 Å². The Kier molecular flexibility index (Phi) is 5.85. The molecule has 0 aliphatic rings. The maximum atomic E-state index is 12.7. The van der Waals surface area contributed by atoms with Crippen LogP contribution in [0.3, 0.4) is 0 Å². The molecule has 0 bridgehead atoms. The first kappa shape index (κ1) is 18.6. The standard InChI is InChI=1S/C19H24N6O2/c1-23(2)18-19(27)25(16-8-4-3-7-15(16)22-18)14-9-17(26)20-10-5-12-24-13-6-11-21-24/h3-4,6-8,11,13H,5,9-10,12,14H2,1-2H3,(H,20,26). The third kappa shape index (κ3) is 4.52. The summed E-state index contributed by atoms with van der Waals surface area (Å²) in [5.74, 6) is 0.294.